The Labute approximate surface area is 102 Å². The predicted octanol–water partition coefficient (Wildman–Crippen LogP) is 2.20. The number of para-hydroxylation sites is 1. The van der Waals surface area contributed by atoms with Crippen LogP contribution in [0.5, 0.6) is 0 Å². The van der Waals surface area contributed by atoms with Crippen molar-refractivity contribution in [2.24, 2.45) is 0 Å². The second kappa shape index (κ2) is 2.98. The van der Waals surface area contributed by atoms with Gasteiger partial charge in [-0.05, 0) is 18.2 Å². The van der Waals surface area contributed by atoms with Gasteiger partial charge in [0.1, 0.15) is 0 Å². The first-order valence-electron chi connectivity index (χ1n) is 5.65. The summed E-state index contributed by atoms with van der Waals surface area (Å²) in [7, 11) is 0. The smallest absolute Gasteiger partial charge is 0.259 e. The van der Waals surface area contributed by atoms with Gasteiger partial charge in [-0.3, -0.25) is 14.9 Å². The minimum atomic E-state index is -0.317. The Kier molecular flexibility index (Phi) is 1.56. The number of carbonyl (C=O) groups excluding carboxylic acids is 2. The number of benzene rings is 2. The standard InChI is InChI=1S/C14H8N2O2/c17-13-8-5-6-10-11(12(8)14(18)16-13)7-3-1-2-4-9(7)15-10/h1-6,15H,(H,16,17,18). The molecule has 0 aliphatic carbocycles. The van der Waals surface area contributed by atoms with Crippen LogP contribution in [-0.4, -0.2) is 16.8 Å². The number of aromatic nitrogens is 1. The van der Waals surface area contributed by atoms with E-state index in [0.29, 0.717) is 11.1 Å². The predicted molar refractivity (Wildman–Crippen MR) is 67.6 cm³/mol. The van der Waals surface area contributed by atoms with Crippen molar-refractivity contribution >= 4 is 33.6 Å². The molecule has 1 aromatic heterocycles. The summed E-state index contributed by atoms with van der Waals surface area (Å²) in [5, 5.41) is 4.13. The van der Waals surface area contributed by atoms with E-state index in [1.807, 2.05) is 30.3 Å². The summed E-state index contributed by atoms with van der Waals surface area (Å²) in [5.41, 5.74) is 2.78. The third-order valence-corrected chi connectivity index (χ3v) is 3.37. The van der Waals surface area contributed by atoms with Crippen LogP contribution in [0.1, 0.15) is 20.7 Å². The molecule has 4 nitrogen and oxygen atoms in total. The lowest BCUT2D eigenvalue weighted by Crippen LogP contribution is -2.19. The second-order valence-electron chi connectivity index (χ2n) is 4.36. The van der Waals surface area contributed by atoms with E-state index in [2.05, 4.69) is 10.3 Å². The SMILES string of the molecule is O=C1NC(=O)c2c1ccc1[nH]c3ccccc3c21. The molecule has 0 atom stereocenters. The lowest BCUT2D eigenvalue weighted by molar-refractivity contribution is 0.0880. The molecular weight excluding hydrogens is 228 g/mol. The summed E-state index contributed by atoms with van der Waals surface area (Å²) in [6.45, 7) is 0. The van der Waals surface area contributed by atoms with Crippen molar-refractivity contribution in [2.45, 2.75) is 0 Å². The van der Waals surface area contributed by atoms with E-state index in [0.717, 1.165) is 21.8 Å². The van der Waals surface area contributed by atoms with Crippen molar-refractivity contribution in [3.8, 4) is 0 Å². The van der Waals surface area contributed by atoms with E-state index >= 15 is 0 Å². The third kappa shape index (κ3) is 0.996. The van der Waals surface area contributed by atoms with Gasteiger partial charge in [-0.2, -0.15) is 0 Å². The van der Waals surface area contributed by atoms with Gasteiger partial charge in [0.15, 0.2) is 0 Å². The molecule has 2 amide bonds. The first-order valence-corrected chi connectivity index (χ1v) is 5.65. The first kappa shape index (κ1) is 9.41. The zero-order valence-corrected chi connectivity index (χ0v) is 9.28. The van der Waals surface area contributed by atoms with Crippen LogP contribution in [-0.2, 0) is 0 Å². The maximum absolute atomic E-state index is 11.9. The van der Waals surface area contributed by atoms with Crippen LogP contribution < -0.4 is 5.32 Å². The third-order valence-electron chi connectivity index (χ3n) is 3.37. The average Bonchev–Trinajstić information content (AvgIpc) is 2.87. The Balaban J connectivity index is 2.29. The van der Waals surface area contributed by atoms with Gasteiger partial charge in [0.25, 0.3) is 11.8 Å². The van der Waals surface area contributed by atoms with Gasteiger partial charge >= 0.3 is 0 Å². The molecule has 3 aromatic rings. The number of amides is 2. The van der Waals surface area contributed by atoms with E-state index in [1.165, 1.54) is 0 Å². The van der Waals surface area contributed by atoms with Crippen molar-refractivity contribution in [3.63, 3.8) is 0 Å². The number of imide groups is 1. The average molecular weight is 236 g/mol. The topological polar surface area (TPSA) is 62.0 Å². The maximum Gasteiger partial charge on any atom is 0.259 e. The highest BCUT2D eigenvalue weighted by Gasteiger charge is 2.29. The summed E-state index contributed by atoms with van der Waals surface area (Å²) in [6.07, 6.45) is 0. The summed E-state index contributed by atoms with van der Waals surface area (Å²) in [4.78, 5) is 26.8. The molecule has 2 N–H and O–H groups in total. The Morgan fingerprint density at radius 3 is 2.56 bits per heavy atom. The molecule has 0 bridgehead atoms. The minimum absolute atomic E-state index is 0.314. The van der Waals surface area contributed by atoms with Gasteiger partial charge in [-0.25, -0.2) is 0 Å². The Morgan fingerprint density at radius 1 is 0.833 bits per heavy atom. The van der Waals surface area contributed by atoms with Crippen LogP contribution in [0.4, 0.5) is 0 Å². The zero-order chi connectivity index (χ0) is 12.3. The molecule has 0 radical (unpaired) electrons. The van der Waals surface area contributed by atoms with Gasteiger partial charge in [0.2, 0.25) is 0 Å². The van der Waals surface area contributed by atoms with Crippen LogP contribution in [0, 0.1) is 0 Å². The molecule has 0 saturated carbocycles. The minimum Gasteiger partial charge on any atom is -0.354 e. The molecule has 1 aliphatic heterocycles. The van der Waals surface area contributed by atoms with Crippen LogP contribution in [0.15, 0.2) is 36.4 Å². The Morgan fingerprint density at radius 2 is 1.67 bits per heavy atom. The molecule has 2 heterocycles. The number of hydrogen-bond donors (Lipinski definition) is 2. The van der Waals surface area contributed by atoms with Crippen molar-refractivity contribution in [1.82, 2.24) is 10.3 Å². The van der Waals surface area contributed by atoms with E-state index in [9.17, 15) is 9.59 Å². The summed E-state index contributed by atoms with van der Waals surface area (Å²) in [6, 6.07) is 11.3. The van der Waals surface area contributed by atoms with Crippen LogP contribution >= 0.6 is 0 Å². The number of rotatable bonds is 0. The maximum atomic E-state index is 11.9. The summed E-state index contributed by atoms with van der Waals surface area (Å²) < 4.78 is 0. The molecule has 0 fully saturated rings. The number of fused-ring (bicyclic) bond motifs is 5. The lowest BCUT2D eigenvalue weighted by Gasteiger charge is -1.97. The molecule has 0 spiro atoms. The number of H-pyrrole nitrogens is 1. The Hall–Kier alpha value is -2.62. The number of hydrogen-bond acceptors (Lipinski definition) is 2. The highest BCUT2D eigenvalue weighted by molar-refractivity contribution is 6.30. The monoisotopic (exact) mass is 236 g/mol. The fourth-order valence-corrected chi connectivity index (χ4v) is 2.60. The summed E-state index contributed by atoms with van der Waals surface area (Å²) in [5.74, 6) is -0.632. The highest BCUT2D eigenvalue weighted by Crippen LogP contribution is 2.32. The molecule has 2 aromatic carbocycles. The van der Waals surface area contributed by atoms with E-state index in [1.54, 1.807) is 6.07 Å². The van der Waals surface area contributed by atoms with E-state index in [-0.39, 0.29) is 11.8 Å². The highest BCUT2D eigenvalue weighted by atomic mass is 16.2. The lowest BCUT2D eigenvalue weighted by atomic mass is 10.0. The zero-order valence-electron chi connectivity index (χ0n) is 9.28. The van der Waals surface area contributed by atoms with E-state index in [4.69, 9.17) is 0 Å². The van der Waals surface area contributed by atoms with Crippen molar-refractivity contribution in [2.75, 3.05) is 0 Å². The fraction of sp³-hybridized carbons (Fsp3) is 0. The van der Waals surface area contributed by atoms with Gasteiger partial charge in [0.05, 0.1) is 11.1 Å². The fourth-order valence-electron chi connectivity index (χ4n) is 2.60. The van der Waals surface area contributed by atoms with Crippen molar-refractivity contribution in [1.29, 1.82) is 0 Å². The number of nitrogens with one attached hydrogen (secondary N) is 2. The first-order chi connectivity index (χ1) is 8.75. The normalized spacial score (nSPS) is 14.2. The molecule has 4 heteroatoms. The van der Waals surface area contributed by atoms with Crippen LogP contribution in [0.3, 0.4) is 0 Å². The quantitative estimate of drug-likeness (QED) is 0.588. The molecule has 0 unspecified atom stereocenters. The molecular formula is C14H8N2O2. The molecule has 86 valence electrons. The Bertz CT molecular complexity index is 845. The van der Waals surface area contributed by atoms with Crippen molar-refractivity contribution in [3.05, 3.63) is 47.5 Å². The number of aromatic amines is 1. The molecule has 1 aliphatic rings. The van der Waals surface area contributed by atoms with Crippen LogP contribution in [0.25, 0.3) is 21.8 Å². The van der Waals surface area contributed by atoms with Gasteiger partial charge in [-0.1, -0.05) is 18.2 Å². The molecule has 0 saturated heterocycles. The molecule has 18 heavy (non-hydrogen) atoms. The van der Waals surface area contributed by atoms with Gasteiger partial charge in [-0.15, -0.1) is 0 Å². The molecule has 4 rings (SSSR count). The van der Waals surface area contributed by atoms with Crippen molar-refractivity contribution < 1.29 is 9.59 Å². The van der Waals surface area contributed by atoms with Gasteiger partial charge in [0, 0.05) is 21.8 Å². The second-order valence-corrected chi connectivity index (χ2v) is 4.36. The van der Waals surface area contributed by atoms with Crippen LogP contribution in [0.2, 0.25) is 0 Å². The summed E-state index contributed by atoms with van der Waals surface area (Å²) >= 11 is 0. The van der Waals surface area contributed by atoms with E-state index < -0.39 is 0 Å². The number of carbonyl (C=O) groups is 2. The van der Waals surface area contributed by atoms with Gasteiger partial charge < -0.3 is 4.98 Å². The largest absolute Gasteiger partial charge is 0.354 e.